The van der Waals surface area contributed by atoms with Crippen molar-refractivity contribution in [2.24, 2.45) is 0 Å². The van der Waals surface area contributed by atoms with E-state index in [-0.39, 0.29) is 23.0 Å². The van der Waals surface area contributed by atoms with E-state index in [0.717, 1.165) is 19.3 Å². The molecule has 0 N–H and O–H groups in total. The van der Waals surface area contributed by atoms with E-state index < -0.39 is 0 Å². The molecular formula is C14H18FeO5. The van der Waals surface area contributed by atoms with Crippen LogP contribution in [0.25, 0.3) is 0 Å². The number of esters is 1. The number of hydrogen-bond acceptors (Lipinski definition) is 2. The van der Waals surface area contributed by atoms with Crippen molar-refractivity contribution in [2.45, 2.75) is 32.6 Å². The number of hydrogen-bond donors (Lipinski definition) is 0. The third kappa shape index (κ3) is 43.8. The van der Waals surface area contributed by atoms with Gasteiger partial charge < -0.3 is 4.74 Å². The molecule has 0 saturated carbocycles. The first kappa shape index (κ1) is 31.2. The normalized spacial score (nSPS) is 6.95. The van der Waals surface area contributed by atoms with Gasteiger partial charge in [-0.05, 0) is 26.2 Å². The van der Waals surface area contributed by atoms with Crippen LogP contribution in [-0.4, -0.2) is 12.6 Å². The van der Waals surface area contributed by atoms with Gasteiger partial charge in [0, 0.05) is 23.5 Å². The number of ether oxygens (including phenoxy) is 1. The Kier molecular flexibility index (Phi) is 67.3. The van der Waals surface area contributed by atoms with Crippen LogP contribution < -0.4 is 0 Å². The molecule has 0 bridgehead atoms. The summed E-state index contributed by atoms with van der Waals surface area (Å²) in [5.74, 6) is -0.0878. The van der Waals surface area contributed by atoms with E-state index in [1.807, 2.05) is 13.0 Å². The number of rotatable bonds is 7. The molecule has 20 heavy (non-hydrogen) atoms. The molecule has 0 rings (SSSR count). The fraction of sp³-hybridized carbons (Fsp3) is 0.429. The monoisotopic (exact) mass is 322 g/mol. The predicted octanol–water partition coefficient (Wildman–Crippen LogP) is 2.74. The Morgan fingerprint density at radius 3 is 2.05 bits per heavy atom. The standard InChI is InChI=1S/C11H18O2.3CO.Fe/c1-3-5-6-7-8-9-10-11(12)13-4-2;3*1-2;/h3,5-6H,1,4,7-10H2,2H3;;;;/b6-5-;;;;. The van der Waals surface area contributed by atoms with Gasteiger partial charge in [-0.1, -0.05) is 24.8 Å². The fourth-order valence-corrected chi connectivity index (χ4v) is 0.957. The summed E-state index contributed by atoms with van der Waals surface area (Å²) in [4.78, 5) is 10.9. The van der Waals surface area contributed by atoms with Gasteiger partial charge in [-0.2, -0.15) is 0 Å². The minimum Gasteiger partial charge on any atom is 0 e. The molecule has 112 valence electrons. The second-order valence-corrected chi connectivity index (χ2v) is 2.71. The van der Waals surface area contributed by atoms with Crippen LogP contribution >= 0.6 is 0 Å². The Labute approximate surface area is 131 Å². The molecule has 0 aromatic heterocycles. The zero-order valence-corrected chi connectivity index (χ0v) is 12.5. The van der Waals surface area contributed by atoms with E-state index in [9.17, 15) is 4.79 Å². The molecule has 0 spiro atoms. The molecule has 0 unspecified atom stereocenters. The minimum atomic E-state index is -0.0878. The van der Waals surface area contributed by atoms with Gasteiger partial charge >= 0.3 is 39.9 Å². The number of carbonyl (C=O) groups is 1. The summed E-state index contributed by atoms with van der Waals surface area (Å²) in [5, 5.41) is 0. The number of carbonyl (C=O) groups excluding carboxylic acids is 1. The van der Waals surface area contributed by atoms with Gasteiger partial charge in [0.2, 0.25) is 0 Å². The molecule has 0 aliphatic carbocycles. The molecule has 0 aliphatic rings. The zero-order valence-electron chi connectivity index (χ0n) is 11.4. The van der Waals surface area contributed by atoms with Crippen LogP contribution in [0.4, 0.5) is 0 Å². The average Bonchev–Trinajstić information content (AvgIpc) is 2.49. The van der Waals surface area contributed by atoms with Crippen molar-refractivity contribution in [2.75, 3.05) is 6.61 Å². The molecule has 0 saturated heterocycles. The maximum atomic E-state index is 10.9. The summed E-state index contributed by atoms with van der Waals surface area (Å²) in [6, 6.07) is 0. The first-order valence-corrected chi connectivity index (χ1v) is 5.35. The van der Waals surface area contributed by atoms with Crippen molar-refractivity contribution in [1.82, 2.24) is 0 Å². The Hall–Kier alpha value is -1.31. The summed E-state index contributed by atoms with van der Waals surface area (Å²) < 4.78 is 27.3. The Morgan fingerprint density at radius 1 is 1.15 bits per heavy atom. The van der Waals surface area contributed by atoms with Gasteiger partial charge in [-0.25, -0.2) is 0 Å². The van der Waals surface area contributed by atoms with Gasteiger partial charge in [0.25, 0.3) is 0 Å². The molecule has 0 atom stereocenters. The summed E-state index contributed by atoms with van der Waals surface area (Å²) in [7, 11) is 0. The van der Waals surface area contributed by atoms with Gasteiger partial charge in [0.05, 0.1) is 6.61 Å². The van der Waals surface area contributed by atoms with Crippen molar-refractivity contribution in [3.63, 3.8) is 0 Å². The molecule has 0 heterocycles. The molecular weight excluding hydrogens is 304 g/mol. The Morgan fingerprint density at radius 2 is 1.65 bits per heavy atom. The van der Waals surface area contributed by atoms with Gasteiger partial charge in [-0.3, -0.25) is 4.79 Å². The summed E-state index contributed by atoms with van der Waals surface area (Å²) >= 11 is 0. The molecule has 0 aromatic rings. The number of unbranched alkanes of at least 4 members (excludes halogenated alkanes) is 2. The zero-order chi connectivity index (χ0) is 15.9. The maximum absolute atomic E-state index is 10.9. The van der Waals surface area contributed by atoms with Gasteiger partial charge in [-0.15, -0.1) is 0 Å². The van der Waals surface area contributed by atoms with E-state index in [2.05, 4.69) is 32.6 Å². The van der Waals surface area contributed by atoms with Crippen molar-refractivity contribution in [1.29, 1.82) is 0 Å². The quantitative estimate of drug-likeness (QED) is 0.180. The topological polar surface area (TPSA) is 86.0 Å². The van der Waals surface area contributed by atoms with Crippen LogP contribution in [0.1, 0.15) is 32.6 Å². The Bertz CT molecular complexity index is 265. The average molecular weight is 322 g/mol. The summed E-state index contributed by atoms with van der Waals surface area (Å²) in [6.45, 7) is 19.4. The van der Waals surface area contributed by atoms with Crippen molar-refractivity contribution >= 4 is 5.97 Å². The fourth-order valence-electron chi connectivity index (χ4n) is 0.957. The first-order valence-electron chi connectivity index (χ1n) is 5.35. The summed E-state index contributed by atoms with van der Waals surface area (Å²) in [5.41, 5.74) is 0. The third-order valence-corrected chi connectivity index (χ3v) is 1.58. The molecule has 0 amide bonds. The maximum Gasteiger partial charge on any atom is 0 e. The molecule has 5 nitrogen and oxygen atoms in total. The molecule has 0 radical (unpaired) electrons. The van der Waals surface area contributed by atoms with E-state index in [0.29, 0.717) is 13.0 Å². The van der Waals surface area contributed by atoms with Crippen molar-refractivity contribution in [3.8, 4) is 0 Å². The second kappa shape index (κ2) is 43.1. The van der Waals surface area contributed by atoms with Gasteiger partial charge in [0.1, 0.15) is 0 Å². The van der Waals surface area contributed by atoms with Crippen molar-refractivity contribution in [3.05, 3.63) is 44.8 Å². The van der Waals surface area contributed by atoms with Gasteiger partial charge in [0.15, 0.2) is 0 Å². The molecule has 0 aromatic carbocycles. The van der Waals surface area contributed by atoms with Crippen LogP contribution in [0.5, 0.6) is 0 Å². The smallest absolute Gasteiger partial charge is 0 e. The first-order chi connectivity index (χ1) is 9.31. The van der Waals surface area contributed by atoms with E-state index in [1.54, 1.807) is 6.08 Å². The van der Waals surface area contributed by atoms with Crippen LogP contribution in [0, 0.1) is 20.0 Å². The number of allylic oxidation sites excluding steroid dienone is 3. The Balaban J connectivity index is -0.0000000940. The van der Waals surface area contributed by atoms with Crippen LogP contribution in [0.2, 0.25) is 0 Å². The SMILES string of the molecule is C=C/C=C\CCCCC(=O)OCC.[C-]#[O+].[C-]#[O+].[C-]#[O+].[Fe]. The predicted molar refractivity (Wildman–Crippen MR) is 66.2 cm³/mol. The molecule has 0 aliphatic heterocycles. The summed E-state index contributed by atoms with van der Waals surface area (Å²) in [6.07, 6.45) is 9.21. The molecule has 0 fully saturated rings. The molecule has 6 heteroatoms. The van der Waals surface area contributed by atoms with E-state index in [1.165, 1.54) is 0 Å². The minimum absolute atomic E-state index is 0. The third-order valence-electron chi connectivity index (χ3n) is 1.58. The largest absolute Gasteiger partial charge is 0 e. The van der Waals surface area contributed by atoms with Crippen LogP contribution in [0.3, 0.4) is 0 Å². The van der Waals surface area contributed by atoms with E-state index >= 15 is 0 Å². The van der Waals surface area contributed by atoms with Crippen molar-refractivity contribution < 1.29 is 40.6 Å². The second-order valence-electron chi connectivity index (χ2n) is 2.71. The van der Waals surface area contributed by atoms with E-state index in [4.69, 9.17) is 18.7 Å². The van der Waals surface area contributed by atoms with Crippen LogP contribution in [0.15, 0.2) is 24.8 Å². The van der Waals surface area contributed by atoms with Crippen LogP contribution in [-0.2, 0) is 40.6 Å².